The van der Waals surface area contributed by atoms with Crippen LogP contribution in [0.5, 0.6) is 0 Å². The normalized spacial score (nSPS) is 41.9. The van der Waals surface area contributed by atoms with Gasteiger partial charge in [-0.3, -0.25) is 0 Å². The third kappa shape index (κ3) is 14.6. The highest BCUT2D eigenvalue weighted by Crippen LogP contribution is 2.34. The first kappa shape index (κ1) is 63.3. The molecule has 5 aliphatic rings. The highest BCUT2D eigenvalue weighted by Gasteiger charge is 2.54. The minimum absolute atomic E-state index is 0.177. The summed E-state index contributed by atoms with van der Waals surface area (Å²) in [6.07, 6.45) is -32.2. The first-order chi connectivity index (χ1) is 36.1. The van der Waals surface area contributed by atoms with E-state index in [4.69, 9.17) is 66.3 Å². The molecule has 76 heavy (non-hydrogen) atoms. The summed E-state index contributed by atoms with van der Waals surface area (Å²) in [4.78, 5) is 62.6. The van der Waals surface area contributed by atoms with E-state index < -0.39 is 234 Å². The van der Waals surface area contributed by atoms with Crippen LogP contribution in [0.1, 0.15) is 0 Å². The van der Waals surface area contributed by atoms with Crippen molar-refractivity contribution >= 4 is 29.8 Å². The van der Waals surface area contributed by atoms with Crippen molar-refractivity contribution in [1.82, 2.24) is 0 Å². The van der Waals surface area contributed by atoms with Gasteiger partial charge in [-0.2, -0.15) is 0 Å². The maximum absolute atomic E-state index is 13.0. The molecule has 5 rings (SSSR count). The van der Waals surface area contributed by atoms with Crippen LogP contribution in [0.25, 0.3) is 0 Å². The summed E-state index contributed by atoms with van der Waals surface area (Å²) in [5.41, 5.74) is 0. The number of hydrogen-bond acceptors (Lipinski definition) is 29. The lowest BCUT2D eigenvalue weighted by molar-refractivity contribution is -0.249. The van der Waals surface area contributed by atoms with Gasteiger partial charge in [0.25, 0.3) is 0 Å². The minimum Gasteiger partial charge on any atom is -0.479 e. The third-order valence-electron chi connectivity index (χ3n) is 14.2. The number of aliphatic hydroxyl groups excluding tert-OH is 10. The Morgan fingerprint density at radius 3 is 0.737 bits per heavy atom. The number of hydrogen-bond donors (Lipinski definition) is 12. The van der Waals surface area contributed by atoms with Crippen molar-refractivity contribution in [3.05, 3.63) is 0 Å². The Morgan fingerprint density at radius 2 is 0.513 bits per heavy atom. The van der Waals surface area contributed by atoms with Crippen LogP contribution < -0.4 is 0 Å². The first-order valence-corrected chi connectivity index (χ1v) is 24.1. The number of carboxylic acids is 2. The molecule has 25 atom stereocenters. The van der Waals surface area contributed by atoms with E-state index in [0.29, 0.717) is 0 Å². The van der Waals surface area contributed by atoms with Crippen molar-refractivity contribution in [3.63, 3.8) is 0 Å². The van der Waals surface area contributed by atoms with Crippen LogP contribution in [0.4, 0.5) is 0 Å². The van der Waals surface area contributed by atoms with Gasteiger partial charge in [-0.1, -0.05) is 0 Å². The average Bonchev–Trinajstić information content (AvgIpc) is 3.39. The summed E-state index contributed by atoms with van der Waals surface area (Å²) < 4.78 is 75.1. The Hall–Kier alpha value is -3.49. The van der Waals surface area contributed by atoms with Crippen molar-refractivity contribution in [3.8, 4) is 0 Å². The second-order valence-corrected chi connectivity index (χ2v) is 19.0. The standard InChI is InChI=1S/C45H72O31/c1-63-6-16-26(46)33(53)23(74-38(16)43(60)65-3)13-69-8-18-28(48)32(52)22(73-37(18)42(58)59)12-70-9-19-29(49)35(55)25(76-39(19)44(61)66-4)15-71-10-20-30(50)34(54)24(75-40(20)45(62)67-5)14-68-7-17-27(47)31(51)21(11-64-2)72-36(17)41(56)57/h16-40,46-55H,6-15H2,1-5H3,(H,56,57)(H,58,59)/t16-,17-,18-,19-,20-,21-,22-,23-,24-,25-,26?,27?,28?,29?,30?,31-,32-,33-,34-,35-,36?,37?,38?,39?,40?/m1/s1. The summed E-state index contributed by atoms with van der Waals surface area (Å²) in [5, 5.41) is 129. The molecule has 5 aliphatic heterocycles. The highest BCUT2D eigenvalue weighted by atomic mass is 16.6. The SMILES string of the molecule is COC[C@H]1C(C(=O)OC)O[C@H](COC[C@H]2C(C(=O)O)O[C@H](COC[C@H]3C(C(=O)OC)O[C@H](COC[C@H]4C(C(=O)OC)O[C@H](COC[C@H]5C(C(=O)O)O[C@H](COC)[C@@H](O)C5O)[C@@H](O)C4O)[C@@H](O)C3O)[C@@H](O)C2O)[C@@H](O)C1O. The van der Waals surface area contributed by atoms with Crippen molar-refractivity contribution < 1.29 is 152 Å². The van der Waals surface area contributed by atoms with E-state index in [0.717, 1.165) is 21.3 Å². The van der Waals surface area contributed by atoms with Crippen molar-refractivity contribution in [2.24, 2.45) is 29.6 Å². The fraction of sp³-hybridized carbons (Fsp3) is 0.889. The quantitative estimate of drug-likeness (QED) is 0.0298. The molecule has 31 heteroatoms. The number of methoxy groups -OCH3 is 5. The highest BCUT2D eigenvalue weighted by molar-refractivity contribution is 5.76. The van der Waals surface area contributed by atoms with Gasteiger partial charge in [0.2, 0.25) is 0 Å². The number of carboxylic acid groups (broad SMARTS) is 2. The Balaban J connectivity index is 1.14. The molecule has 0 amide bonds. The maximum Gasteiger partial charge on any atom is 0.335 e. The molecule has 0 aromatic heterocycles. The van der Waals surface area contributed by atoms with Gasteiger partial charge in [0, 0.05) is 43.8 Å². The van der Waals surface area contributed by atoms with E-state index in [1.54, 1.807) is 0 Å². The van der Waals surface area contributed by atoms with E-state index in [2.05, 4.69) is 0 Å². The lowest BCUT2D eigenvalue weighted by atomic mass is 9.86. The zero-order valence-electron chi connectivity index (χ0n) is 42.1. The zero-order valence-corrected chi connectivity index (χ0v) is 42.1. The molecule has 5 heterocycles. The van der Waals surface area contributed by atoms with Crippen LogP contribution in [0.15, 0.2) is 0 Å². The maximum atomic E-state index is 13.0. The lowest BCUT2D eigenvalue weighted by Crippen LogP contribution is -2.61. The van der Waals surface area contributed by atoms with E-state index in [1.807, 2.05) is 0 Å². The summed E-state index contributed by atoms with van der Waals surface area (Å²) >= 11 is 0. The predicted octanol–water partition coefficient (Wildman–Crippen LogP) is -8.44. The molecule has 31 nitrogen and oxygen atoms in total. The van der Waals surface area contributed by atoms with E-state index in [9.17, 15) is 85.3 Å². The Labute approximate surface area is 434 Å². The average molecular weight is 1110 g/mol. The molecule has 5 saturated heterocycles. The van der Waals surface area contributed by atoms with E-state index >= 15 is 0 Å². The second kappa shape index (κ2) is 29.1. The molecule has 438 valence electrons. The van der Waals surface area contributed by atoms with Gasteiger partial charge in [-0.05, 0) is 0 Å². The third-order valence-corrected chi connectivity index (χ3v) is 14.2. The Morgan fingerprint density at radius 1 is 0.303 bits per heavy atom. The van der Waals surface area contributed by atoms with Crippen molar-refractivity contribution in [2.75, 3.05) is 102 Å². The van der Waals surface area contributed by atoms with Gasteiger partial charge in [0.15, 0.2) is 30.5 Å². The smallest absolute Gasteiger partial charge is 0.335 e. The molecule has 0 aromatic carbocycles. The number of carbonyl (C=O) groups excluding carboxylic acids is 3. The van der Waals surface area contributed by atoms with E-state index in [-0.39, 0.29) is 13.2 Å². The number of rotatable bonds is 25. The van der Waals surface area contributed by atoms with Crippen molar-refractivity contribution in [2.45, 2.75) is 122 Å². The van der Waals surface area contributed by atoms with Gasteiger partial charge < -0.3 is 128 Å². The molecule has 0 radical (unpaired) electrons. The lowest BCUT2D eigenvalue weighted by Gasteiger charge is -2.44. The predicted molar refractivity (Wildman–Crippen MR) is 239 cm³/mol. The summed E-state index contributed by atoms with van der Waals surface area (Å²) in [7, 11) is 5.70. The zero-order chi connectivity index (χ0) is 56.3. The molecule has 0 aliphatic carbocycles. The molecule has 0 saturated carbocycles. The largest absolute Gasteiger partial charge is 0.479 e. The number of ether oxygens (including phenoxy) is 14. The van der Waals surface area contributed by atoms with Gasteiger partial charge >= 0.3 is 29.8 Å². The summed E-state index contributed by atoms with van der Waals surface area (Å²) in [6.45, 7) is -5.12. The molecule has 12 N–H and O–H groups in total. The minimum atomic E-state index is -1.83. The number of esters is 3. The fourth-order valence-corrected chi connectivity index (χ4v) is 9.89. The van der Waals surface area contributed by atoms with Crippen LogP contribution >= 0.6 is 0 Å². The van der Waals surface area contributed by atoms with E-state index in [1.165, 1.54) is 14.2 Å². The molecule has 0 spiro atoms. The first-order valence-electron chi connectivity index (χ1n) is 24.1. The number of aliphatic hydroxyl groups is 10. The van der Waals surface area contributed by atoms with Crippen LogP contribution in [0.2, 0.25) is 0 Å². The summed E-state index contributed by atoms with van der Waals surface area (Å²) in [5.74, 6) is -12.5. The number of carbonyl (C=O) groups is 5. The topological polar surface area (TPSA) is 457 Å². The van der Waals surface area contributed by atoms with Gasteiger partial charge in [0.1, 0.15) is 61.0 Å². The van der Waals surface area contributed by atoms with Gasteiger partial charge in [-0.15, -0.1) is 0 Å². The second-order valence-electron chi connectivity index (χ2n) is 19.0. The van der Waals surface area contributed by atoms with Gasteiger partial charge in [-0.25, -0.2) is 24.0 Å². The fourth-order valence-electron chi connectivity index (χ4n) is 9.89. The molecule has 5 fully saturated rings. The Kier molecular flexibility index (Phi) is 24.3. The van der Waals surface area contributed by atoms with Gasteiger partial charge in [0.05, 0.1) is 118 Å². The van der Waals surface area contributed by atoms with Crippen molar-refractivity contribution in [1.29, 1.82) is 0 Å². The van der Waals surface area contributed by atoms with Crippen LogP contribution in [-0.2, 0) is 90.3 Å². The molecule has 10 unspecified atom stereocenters. The van der Waals surface area contributed by atoms with Crippen LogP contribution in [-0.4, -0.2) is 315 Å². The van der Waals surface area contributed by atoms with Crippen LogP contribution in [0, 0.1) is 29.6 Å². The molecular formula is C45H72O31. The van der Waals surface area contributed by atoms with Crippen LogP contribution in [0.3, 0.4) is 0 Å². The molecular weight excluding hydrogens is 1040 g/mol. The monoisotopic (exact) mass is 1110 g/mol. The summed E-state index contributed by atoms with van der Waals surface area (Å²) in [6, 6.07) is 0. The Bertz CT molecular complexity index is 1860. The number of aliphatic carboxylic acids is 2. The molecule has 0 bridgehead atoms. The molecule has 0 aromatic rings.